The smallest absolute Gasteiger partial charge is 0.292 e. The van der Waals surface area contributed by atoms with E-state index in [2.05, 4.69) is 22.1 Å². The van der Waals surface area contributed by atoms with Crippen molar-refractivity contribution in [1.29, 1.82) is 0 Å². The molecule has 1 aliphatic heterocycles. The van der Waals surface area contributed by atoms with E-state index in [1.54, 1.807) is 18.2 Å². The lowest BCUT2D eigenvalue weighted by atomic mass is 10.1. The topological polar surface area (TPSA) is 95.2 Å². The van der Waals surface area contributed by atoms with Crippen LogP contribution in [0.3, 0.4) is 0 Å². The molecule has 0 atom stereocenters. The van der Waals surface area contributed by atoms with Crippen molar-refractivity contribution in [3.8, 4) is 17.6 Å². The van der Waals surface area contributed by atoms with Crippen LogP contribution in [0.2, 0.25) is 0 Å². The van der Waals surface area contributed by atoms with Gasteiger partial charge in [-0.15, -0.1) is 4.58 Å². The van der Waals surface area contributed by atoms with Crippen molar-refractivity contribution in [2.24, 2.45) is 0 Å². The molecule has 3 aromatic rings. The van der Waals surface area contributed by atoms with E-state index in [4.69, 9.17) is 26.1 Å². The van der Waals surface area contributed by atoms with E-state index >= 15 is 0 Å². The Morgan fingerprint density at radius 2 is 1.86 bits per heavy atom. The molecule has 2 aromatic carbocycles. The standard InChI is InChI=1S/C27H26ClN3O5/c28-31(34)27(33)19-5-3-18(4-6-19)2-1-13-29-26(32)25-17-20-16-23(9-10-24(20)36-25)35-22-11-14-30(15-12-22)21-7-8-21/h3-6,9-10,16-17,21-22,34H,7-8,11-15H2,(H,29,32). The number of hydrogen-bond acceptors (Lipinski definition) is 6. The molecule has 0 bridgehead atoms. The molecule has 0 radical (unpaired) electrons. The van der Waals surface area contributed by atoms with E-state index < -0.39 is 5.91 Å². The quantitative estimate of drug-likeness (QED) is 0.225. The van der Waals surface area contributed by atoms with Crippen LogP contribution in [0.5, 0.6) is 5.75 Å². The number of piperidine rings is 1. The second-order valence-electron chi connectivity index (χ2n) is 9.02. The van der Waals surface area contributed by atoms with Gasteiger partial charge in [-0.3, -0.25) is 14.8 Å². The van der Waals surface area contributed by atoms with Gasteiger partial charge in [-0.25, -0.2) is 0 Å². The van der Waals surface area contributed by atoms with E-state index in [1.807, 2.05) is 18.2 Å². The van der Waals surface area contributed by atoms with Gasteiger partial charge in [0.2, 0.25) is 0 Å². The zero-order valence-corrected chi connectivity index (χ0v) is 20.3. The van der Waals surface area contributed by atoms with Crippen LogP contribution < -0.4 is 10.1 Å². The minimum atomic E-state index is -0.734. The van der Waals surface area contributed by atoms with E-state index in [0.717, 1.165) is 43.1 Å². The number of fused-ring (bicyclic) bond motifs is 1. The first-order valence-corrected chi connectivity index (χ1v) is 12.3. The van der Waals surface area contributed by atoms with Crippen LogP contribution >= 0.6 is 11.8 Å². The van der Waals surface area contributed by atoms with Crippen LogP contribution in [0.15, 0.2) is 52.9 Å². The predicted octanol–water partition coefficient (Wildman–Crippen LogP) is 4.21. The lowest BCUT2D eigenvalue weighted by molar-refractivity contribution is 0.00924. The van der Waals surface area contributed by atoms with Gasteiger partial charge >= 0.3 is 0 Å². The maximum absolute atomic E-state index is 12.5. The maximum Gasteiger partial charge on any atom is 0.292 e. The number of hydroxylamine groups is 1. The second kappa shape index (κ2) is 10.6. The summed E-state index contributed by atoms with van der Waals surface area (Å²) >= 11 is 5.23. The molecule has 5 rings (SSSR count). The Morgan fingerprint density at radius 3 is 2.56 bits per heavy atom. The summed E-state index contributed by atoms with van der Waals surface area (Å²) in [4.78, 5) is 26.7. The molecule has 1 aromatic heterocycles. The van der Waals surface area contributed by atoms with Gasteiger partial charge in [0.05, 0.1) is 6.54 Å². The summed E-state index contributed by atoms with van der Waals surface area (Å²) in [5.74, 6) is 5.66. The zero-order chi connectivity index (χ0) is 25.1. The van der Waals surface area contributed by atoms with E-state index in [9.17, 15) is 9.59 Å². The fraction of sp³-hybridized carbons (Fsp3) is 0.333. The number of hydrogen-bond donors (Lipinski definition) is 2. The van der Waals surface area contributed by atoms with Gasteiger partial charge < -0.3 is 19.4 Å². The number of nitrogens with zero attached hydrogens (tertiary/aromatic N) is 2. The Balaban J connectivity index is 1.13. The molecule has 2 fully saturated rings. The molecule has 1 saturated carbocycles. The molecule has 1 saturated heterocycles. The molecule has 1 aliphatic carbocycles. The number of furan rings is 1. The van der Waals surface area contributed by atoms with Crippen LogP contribution in [-0.4, -0.2) is 58.3 Å². The molecular weight excluding hydrogens is 482 g/mol. The fourth-order valence-corrected chi connectivity index (χ4v) is 4.46. The van der Waals surface area contributed by atoms with Gasteiger partial charge in [-0.1, -0.05) is 11.8 Å². The minimum Gasteiger partial charge on any atom is -0.490 e. The van der Waals surface area contributed by atoms with Crippen molar-refractivity contribution in [2.45, 2.75) is 37.8 Å². The predicted molar refractivity (Wildman–Crippen MR) is 134 cm³/mol. The first-order valence-electron chi connectivity index (χ1n) is 12.0. The van der Waals surface area contributed by atoms with Crippen molar-refractivity contribution >= 4 is 34.6 Å². The van der Waals surface area contributed by atoms with Crippen molar-refractivity contribution < 1.29 is 24.0 Å². The highest BCUT2D eigenvalue weighted by Crippen LogP contribution is 2.31. The summed E-state index contributed by atoms with van der Waals surface area (Å²) in [7, 11) is 0. The van der Waals surface area contributed by atoms with Crippen LogP contribution in [0, 0.1) is 11.8 Å². The number of amides is 2. The highest BCUT2D eigenvalue weighted by Gasteiger charge is 2.32. The third kappa shape index (κ3) is 5.82. The number of halogens is 1. The lowest BCUT2D eigenvalue weighted by Crippen LogP contribution is -2.39. The molecule has 0 spiro atoms. The Kier molecular flexibility index (Phi) is 7.14. The second-order valence-corrected chi connectivity index (χ2v) is 9.34. The zero-order valence-electron chi connectivity index (χ0n) is 19.6. The lowest BCUT2D eigenvalue weighted by Gasteiger charge is -2.32. The highest BCUT2D eigenvalue weighted by molar-refractivity contribution is 6.22. The van der Waals surface area contributed by atoms with E-state index in [-0.39, 0.29) is 34.5 Å². The van der Waals surface area contributed by atoms with Gasteiger partial charge in [0.15, 0.2) is 5.76 Å². The number of rotatable bonds is 6. The van der Waals surface area contributed by atoms with Crippen LogP contribution in [0.1, 0.15) is 52.2 Å². The normalized spacial score (nSPS) is 16.3. The molecule has 0 unspecified atom stereocenters. The number of benzene rings is 2. The molecule has 186 valence electrons. The molecular formula is C27H26ClN3O5. The van der Waals surface area contributed by atoms with Gasteiger partial charge in [0, 0.05) is 47.4 Å². The van der Waals surface area contributed by atoms with Crippen LogP contribution in [0.4, 0.5) is 0 Å². The minimum absolute atomic E-state index is 0.00103. The molecule has 36 heavy (non-hydrogen) atoms. The van der Waals surface area contributed by atoms with Crippen molar-refractivity contribution in [3.05, 3.63) is 65.4 Å². The van der Waals surface area contributed by atoms with Gasteiger partial charge in [0.25, 0.3) is 11.8 Å². The average Bonchev–Trinajstić information content (AvgIpc) is 3.65. The summed E-state index contributed by atoms with van der Waals surface area (Å²) < 4.78 is 11.9. The third-order valence-corrected chi connectivity index (χ3v) is 6.58. The van der Waals surface area contributed by atoms with Crippen molar-refractivity contribution in [3.63, 3.8) is 0 Å². The molecule has 8 nitrogen and oxygen atoms in total. The molecule has 2 amide bonds. The Labute approximate surface area is 213 Å². The number of likely N-dealkylation sites (tertiary alicyclic amines) is 1. The van der Waals surface area contributed by atoms with Crippen LogP contribution in [-0.2, 0) is 0 Å². The van der Waals surface area contributed by atoms with Crippen molar-refractivity contribution in [2.75, 3.05) is 19.6 Å². The fourth-order valence-electron chi connectivity index (χ4n) is 4.36. The molecule has 2 N–H and O–H groups in total. The molecule has 2 aliphatic rings. The number of ether oxygens (including phenoxy) is 1. The first-order chi connectivity index (χ1) is 17.5. The number of carbonyl (C=O) groups excluding carboxylic acids is 2. The van der Waals surface area contributed by atoms with Crippen LogP contribution in [0.25, 0.3) is 11.0 Å². The van der Waals surface area contributed by atoms with Gasteiger partial charge in [-0.2, -0.15) is 0 Å². The SMILES string of the molecule is O=C(NCC#Cc1ccc(C(=O)N(O)Cl)cc1)c1cc2cc(OC3CCN(C4CC4)CC3)ccc2o1. The summed E-state index contributed by atoms with van der Waals surface area (Å²) in [5.41, 5.74) is 1.49. The number of carbonyl (C=O) groups is 2. The Hall–Kier alpha value is -3.51. The summed E-state index contributed by atoms with van der Waals surface area (Å²) in [6.45, 7) is 2.31. The molecule has 2 heterocycles. The number of nitrogens with one attached hydrogen (secondary N) is 1. The maximum atomic E-state index is 12.5. The Morgan fingerprint density at radius 1 is 1.11 bits per heavy atom. The van der Waals surface area contributed by atoms with Crippen molar-refractivity contribution in [1.82, 2.24) is 14.8 Å². The summed E-state index contributed by atoms with van der Waals surface area (Å²) in [5, 5.41) is 12.5. The van der Waals surface area contributed by atoms with E-state index in [1.165, 1.54) is 25.0 Å². The monoisotopic (exact) mass is 507 g/mol. The largest absolute Gasteiger partial charge is 0.490 e. The third-order valence-electron chi connectivity index (χ3n) is 6.42. The van der Waals surface area contributed by atoms with E-state index in [0.29, 0.717) is 11.1 Å². The molecule has 9 heteroatoms. The average molecular weight is 508 g/mol. The summed E-state index contributed by atoms with van der Waals surface area (Å²) in [6.07, 6.45) is 4.95. The first kappa shape index (κ1) is 24.2. The highest BCUT2D eigenvalue weighted by atomic mass is 35.5. The van der Waals surface area contributed by atoms with Gasteiger partial charge in [-0.05, 0) is 74.2 Å². The Bertz CT molecular complexity index is 1310. The summed E-state index contributed by atoms with van der Waals surface area (Å²) in [6, 6.07) is 14.4. The van der Waals surface area contributed by atoms with Gasteiger partial charge in [0.1, 0.15) is 17.4 Å².